The first-order chi connectivity index (χ1) is 20.3. The Morgan fingerprint density at radius 3 is 2.31 bits per heavy atom. The lowest BCUT2D eigenvalue weighted by Crippen LogP contribution is -2.30. The molecule has 9 heteroatoms. The monoisotopic (exact) mass is 599 g/mol. The normalized spacial score (nSPS) is 11.0. The number of thioether (sulfide) groups is 1. The minimum absolute atomic E-state index is 0.0578. The molecule has 0 aliphatic heterocycles. The van der Waals surface area contributed by atoms with Gasteiger partial charge in [-0.2, -0.15) is 0 Å². The maximum absolute atomic E-state index is 13.4. The van der Waals surface area contributed by atoms with E-state index >= 15 is 0 Å². The summed E-state index contributed by atoms with van der Waals surface area (Å²) in [6.07, 6.45) is 1.59. The van der Waals surface area contributed by atoms with Crippen molar-refractivity contribution in [2.24, 2.45) is 0 Å². The summed E-state index contributed by atoms with van der Waals surface area (Å²) in [7, 11) is 0. The van der Waals surface area contributed by atoms with Gasteiger partial charge in [0.1, 0.15) is 11.4 Å². The van der Waals surface area contributed by atoms with Gasteiger partial charge in [0.15, 0.2) is 0 Å². The number of rotatable bonds is 11. The fourth-order valence-electron chi connectivity index (χ4n) is 3.90. The van der Waals surface area contributed by atoms with Crippen molar-refractivity contribution in [1.29, 1.82) is 0 Å². The molecule has 0 saturated carbocycles. The van der Waals surface area contributed by atoms with E-state index in [0.29, 0.717) is 39.9 Å². The fraction of sp³-hybridized carbons (Fsp3) is 0.121. The van der Waals surface area contributed by atoms with Gasteiger partial charge in [0.05, 0.1) is 12.4 Å². The SMILES string of the molecule is CCOc1ccccc1/C=C(\NC(=O)c1ccccc1)C(=O)Nc1ccc(SCC(=O)Nc2cccc(Cl)c2C)cc1. The van der Waals surface area contributed by atoms with Crippen LogP contribution in [0.4, 0.5) is 11.4 Å². The van der Waals surface area contributed by atoms with Gasteiger partial charge in [-0.1, -0.05) is 54.1 Å². The molecular formula is C33H30ClN3O4S. The third-order valence-corrected chi connectivity index (χ3v) is 7.49. The van der Waals surface area contributed by atoms with Crippen LogP contribution in [0.25, 0.3) is 6.08 Å². The van der Waals surface area contributed by atoms with E-state index in [1.165, 1.54) is 11.8 Å². The van der Waals surface area contributed by atoms with Gasteiger partial charge in [-0.25, -0.2) is 0 Å². The zero-order chi connectivity index (χ0) is 29.9. The molecule has 0 aliphatic carbocycles. The number of amides is 3. The van der Waals surface area contributed by atoms with Crippen LogP contribution in [-0.4, -0.2) is 30.1 Å². The first-order valence-corrected chi connectivity index (χ1v) is 14.6. The van der Waals surface area contributed by atoms with Gasteiger partial charge >= 0.3 is 0 Å². The van der Waals surface area contributed by atoms with Crippen molar-refractivity contribution >= 4 is 58.5 Å². The number of hydrogen-bond donors (Lipinski definition) is 3. The second kappa shape index (κ2) is 14.9. The Morgan fingerprint density at radius 1 is 0.857 bits per heavy atom. The largest absolute Gasteiger partial charge is 0.493 e. The number of carbonyl (C=O) groups excluding carboxylic acids is 3. The molecule has 4 rings (SSSR count). The van der Waals surface area contributed by atoms with Crippen molar-refractivity contribution in [3.8, 4) is 5.75 Å². The summed E-state index contributed by atoms with van der Waals surface area (Å²) in [6, 6.07) is 28.4. The second-order valence-corrected chi connectivity index (χ2v) is 10.5. The summed E-state index contributed by atoms with van der Waals surface area (Å²) in [5, 5.41) is 9.05. The molecule has 4 aromatic carbocycles. The molecule has 0 fully saturated rings. The van der Waals surface area contributed by atoms with Crippen molar-refractivity contribution in [1.82, 2.24) is 5.32 Å². The first-order valence-electron chi connectivity index (χ1n) is 13.2. The van der Waals surface area contributed by atoms with Gasteiger partial charge in [-0.05, 0) is 80.1 Å². The number of benzene rings is 4. The number of hydrogen-bond acceptors (Lipinski definition) is 5. The van der Waals surface area contributed by atoms with Crippen LogP contribution in [-0.2, 0) is 9.59 Å². The van der Waals surface area contributed by atoms with Crippen molar-refractivity contribution in [2.75, 3.05) is 23.0 Å². The number of ether oxygens (including phenoxy) is 1. The van der Waals surface area contributed by atoms with Crippen LogP contribution in [0, 0.1) is 6.92 Å². The van der Waals surface area contributed by atoms with Gasteiger partial charge in [0, 0.05) is 32.4 Å². The van der Waals surface area contributed by atoms with E-state index in [-0.39, 0.29) is 17.4 Å². The highest BCUT2D eigenvalue weighted by molar-refractivity contribution is 8.00. The van der Waals surface area contributed by atoms with Crippen LogP contribution in [0.2, 0.25) is 5.02 Å². The molecule has 3 N–H and O–H groups in total. The lowest BCUT2D eigenvalue weighted by Gasteiger charge is -2.13. The minimum atomic E-state index is -0.498. The average Bonchev–Trinajstić information content (AvgIpc) is 3.00. The summed E-state index contributed by atoms with van der Waals surface area (Å²) >= 11 is 7.50. The molecule has 0 bridgehead atoms. The van der Waals surface area contributed by atoms with Gasteiger partial charge in [0.2, 0.25) is 5.91 Å². The van der Waals surface area contributed by atoms with Crippen LogP contribution in [0.1, 0.15) is 28.4 Å². The molecule has 0 atom stereocenters. The maximum Gasteiger partial charge on any atom is 0.272 e. The Morgan fingerprint density at radius 2 is 1.57 bits per heavy atom. The highest BCUT2D eigenvalue weighted by Gasteiger charge is 2.16. The Balaban J connectivity index is 1.44. The minimum Gasteiger partial charge on any atom is -0.493 e. The quantitative estimate of drug-likeness (QED) is 0.125. The third-order valence-electron chi connectivity index (χ3n) is 6.07. The molecule has 0 aliphatic rings. The molecule has 0 spiro atoms. The van der Waals surface area contributed by atoms with Crippen molar-refractivity contribution < 1.29 is 19.1 Å². The van der Waals surface area contributed by atoms with Gasteiger partial charge < -0.3 is 20.7 Å². The molecule has 4 aromatic rings. The smallest absolute Gasteiger partial charge is 0.272 e. The van der Waals surface area contributed by atoms with Gasteiger partial charge in [-0.15, -0.1) is 11.8 Å². The molecule has 0 heterocycles. The van der Waals surface area contributed by atoms with Gasteiger partial charge in [0.25, 0.3) is 11.8 Å². The van der Waals surface area contributed by atoms with E-state index in [0.717, 1.165) is 10.5 Å². The summed E-state index contributed by atoms with van der Waals surface area (Å²) in [6.45, 7) is 4.18. The van der Waals surface area contributed by atoms with E-state index in [4.69, 9.17) is 16.3 Å². The Bertz CT molecular complexity index is 1590. The van der Waals surface area contributed by atoms with E-state index in [9.17, 15) is 14.4 Å². The number of para-hydroxylation sites is 1. The highest BCUT2D eigenvalue weighted by Crippen LogP contribution is 2.25. The maximum atomic E-state index is 13.4. The average molecular weight is 600 g/mol. The first kappa shape index (κ1) is 30.4. The summed E-state index contributed by atoms with van der Waals surface area (Å²) in [5.41, 5.74) is 3.15. The Kier molecular flexibility index (Phi) is 10.8. The number of anilines is 2. The second-order valence-electron chi connectivity index (χ2n) is 9.08. The number of carbonyl (C=O) groups is 3. The Hall–Kier alpha value is -4.53. The lowest BCUT2D eigenvalue weighted by molar-refractivity contribution is -0.114. The number of halogens is 1. The van der Waals surface area contributed by atoms with E-state index in [2.05, 4.69) is 16.0 Å². The topological polar surface area (TPSA) is 96.5 Å². The molecule has 0 aromatic heterocycles. The molecule has 214 valence electrons. The molecular weight excluding hydrogens is 570 g/mol. The van der Waals surface area contributed by atoms with Crippen molar-refractivity contribution in [3.05, 3.63) is 124 Å². The fourth-order valence-corrected chi connectivity index (χ4v) is 4.77. The van der Waals surface area contributed by atoms with Crippen LogP contribution >= 0.6 is 23.4 Å². The van der Waals surface area contributed by atoms with Crippen LogP contribution in [0.5, 0.6) is 5.75 Å². The third kappa shape index (κ3) is 8.49. The predicted molar refractivity (Wildman–Crippen MR) is 170 cm³/mol. The summed E-state index contributed by atoms with van der Waals surface area (Å²) in [5.74, 6) is -0.268. The molecule has 0 unspecified atom stereocenters. The molecule has 3 amide bonds. The molecule has 42 heavy (non-hydrogen) atoms. The zero-order valence-electron chi connectivity index (χ0n) is 23.1. The van der Waals surface area contributed by atoms with Crippen LogP contribution in [0.3, 0.4) is 0 Å². The molecule has 7 nitrogen and oxygen atoms in total. The van der Waals surface area contributed by atoms with Crippen molar-refractivity contribution in [3.63, 3.8) is 0 Å². The van der Waals surface area contributed by atoms with E-state index in [1.54, 1.807) is 60.7 Å². The van der Waals surface area contributed by atoms with E-state index < -0.39 is 11.8 Å². The molecule has 0 saturated heterocycles. The predicted octanol–water partition coefficient (Wildman–Crippen LogP) is 7.19. The zero-order valence-corrected chi connectivity index (χ0v) is 24.7. The highest BCUT2D eigenvalue weighted by atomic mass is 35.5. The van der Waals surface area contributed by atoms with E-state index in [1.807, 2.05) is 56.3 Å². The standard InChI is InChI=1S/C33H30ClN3O4S/c1-3-41-30-15-8-7-12-24(30)20-29(37-32(39)23-10-5-4-6-11-23)33(40)35-25-16-18-26(19-17-25)42-21-31(38)36-28-14-9-13-27(34)22(28)2/h4-20H,3,21H2,1-2H3,(H,35,40)(H,36,38)(H,37,39)/b29-20-. The molecule has 0 radical (unpaired) electrons. The Labute approximate surface area is 254 Å². The van der Waals surface area contributed by atoms with Crippen LogP contribution < -0.4 is 20.7 Å². The van der Waals surface area contributed by atoms with Crippen LogP contribution in [0.15, 0.2) is 108 Å². The summed E-state index contributed by atoms with van der Waals surface area (Å²) < 4.78 is 5.70. The van der Waals surface area contributed by atoms with Gasteiger partial charge in [-0.3, -0.25) is 14.4 Å². The summed E-state index contributed by atoms with van der Waals surface area (Å²) in [4.78, 5) is 39.6. The van der Waals surface area contributed by atoms with Crippen molar-refractivity contribution in [2.45, 2.75) is 18.7 Å². The number of nitrogens with one attached hydrogen (secondary N) is 3. The lowest BCUT2D eigenvalue weighted by atomic mass is 10.1.